The molecule has 0 saturated carbocycles. The largest absolute Gasteiger partial charge is 0.293 e. The van der Waals surface area contributed by atoms with E-state index >= 15 is 0 Å². The van der Waals surface area contributed by atoms with Crippen LogP contribution in [-0.2, 0) is 6.42 Å². The smallest absolute Gasteiger partial charge is 0.172 e. The molecule has 1 unspecified atom stereocenters. The Morgan fingerprint density at radius 1 is 0.826 bits per heavy atom. The van der Waals surface area contributed by atoms with E-state index in [9.17, 15) is 4.79 Å². The molecule has 0 saturated heterocycles. The topological polar surface area (TPSA) is 17.1 Å². The van der Waals surface area contributed by atoms with Crippen LogP contribution in [0, 0.1) is 0 Å². The van der Waals surface area contributed by atoms with Crippen molar-refractivity contribution in [1.29, 1.82) is 0 Å². The minimum absolute atomic E-state index is 0.0616. The van der Waals surface area contributed by atoms with Gasteiger partial charge in [0.2, 0.25) is 0 Å². The average molecular weight is 363 g/mol. The van der Waals surface area contributed by atoms with Gasteiger partial charge in [-0.1, -0.05) is 82.7 Å². The normalized spacial score (nSPS) is 16.4. The first-order chi connectivity index (χ1) is 11.2. The van der Waals surface area contributed by atoms with Crippen molar-refractivity contribution in [2.75, 3.05) is 0 Å². The molecule has 1 atom stereocenters. The van der Waals surface area contributed by atoms with Crippen LogP contribution in [0.2, 0.25) is 0 Å². The van der Waals surface area contributed by atoms with Crippen LogP contribution in [0.1, 0.15) is 27.4 Å². The number of fused-ring (bicyclic) bond motifs is 1. The van der Waals surface area contributed by atoms with Gasteiger partial charge in [0.25, 0.3) is 0 Å². The lowest BCUT2D eigenvalue weighted by Gasteiger charge is -2.07. The van der Waals surface area contributed by atoms with Gasteiger partial charge in [-0.15, -0.1) is 0 Å². The first-order valence-electron chi connectivity index (χ1n) is 7.71. The molecule has 0 heterocycles. The Kier molecular flexibility index (Phi) is 3.62. The van der Waals surface area contributed by atoms with Gasteiger partial charge in [0.1, 0.15) is 0 Å². The second-order valence-corrected chi connectivity index (χ2v) is 6.74. The molecule has 4 rings (SSSR count). The van der Waals surface area contributed by atoms with Gasteiger partial charge in [-0.25, -0.2) is 0 Å². The molecule has 1 nitrogen and oxygen atoms in total. The quantitative estimate of drug-likeness (QED) is 0.576. The molecule has 3 aromatic rings. The number of hydrogen-bond donors (Lipinski definition) is 0. The van der Waals surface area contributed by atoms with Crippen molar-refractivity contribution in [3.8, 4) is 11.1 Å². The lowest BCUT2D eigenvalue weighted by atomic mass is 9.95. The molecule has 2 heteroatoms. The molecule has 0 aromatic heterocycles. The Hall–Kier alpha value is -2.19. The number of benzene rings is 3. The van der Waals surface area contributed by atoms with Crippen LogP contribution in [0.25, 0.3) is 11.1 Å². The number of carbonyl (C=O) groups is 1. The second kappa shape index (κ2) is 5.78. The van der Waals surface area contributed by atoms with Crippen LogP contribution in [-0.4, -0.2) is 5.78 Å². The van der Waals surface area contributed by atoms with Crippen molar-refractivity contribution in [3.05, 3.63) is 94.0 Å². The van der Waals surface area contributed by atoms with Crippen molar-refractivity contribution in [1.82, 2.24) is 0 Å². The molecular weight excluding hydrogens is 348 g/mol. The molecule has 23 heavy (non-hydrogen) atoms. The van der Waals surface area contributed by atoms with Gasteiger partial charge in [0, 0.05) is 10.0 Å². The summed E-state index contributed by atoms with van der Waals surface area (Å²) < 4.78 is 0.900. The number of halogens is 1. The fraction of sp³-hybridized carbons (Fsp3) is 0.0952. The summed E-state index contributed by atoms with van der Waals surface area (Å²) in [7, 11) is 0. The Bertz CT molecular complexity index is 869. The van der Waals surface area contributed by atoms with E-state index in [1.807, 2.05) is 48.5 Å². The summed E-state index contributed by atoms with van der Waals surface area (Å²) in [6.07, 6.45) is 0.775. The molecule has 1 aliphatic carbocycles. The third-order valence-electron chi connectivity index (χ3n) is 4.47. The van der Waals surface area contributed by atoms with E-state index < -0.39 is 0 Å². The van der Waals surface area contributed by atoms with Crippen LogP contribution < -0.4 is 0 Å². The molecule has 112 valence electrons. The van der Waals surface area contributed by atoms with Gasteiger partial charge in [-0.3, -0.25) is 4.79 Å². The molecular formula is C21H15BrO. The zero-order chi connectivity index (χ0) is 15.8. The highest BCUT2D eigenvalue weighted by atomic mass is 79.9. The van der Waals surface area contributed by atoms with Crippen LogP contribution >= 0.6 is 15.9 Å². The van der Waals surface area contributed by atoms with Crippen molar-refractivity contribution >= 4 is 21.7 Å². The lowest BCUT2D eigenvalue weighted by molar-refractivity contribution is 0.0972. The fourth-order valence-electron chi connectivity index (χ4n) is 3.34. The molecule has 0 amide bonds. The maximum atomic E-state index is 12.8. The van der Waals surface area contributed by atoms with Crippen LogP contribution in [0.3, 0.4) is 0 Å². The molecule has 3 aromatic carbocycles. The summed E-state index contributed by atoms with van der Waals surface area (Å²) in [5.41, 5.74) is 5.40. The molecule has 0 aliphatic heterocycles. The number of hydrogen-bond acceptors (Lipinski definition) is 1. The standard InChI is InChI=1S/C21H15BrO/c22-19-13-16(14-7-3-1-4-8-14)11-17-12-18(21(23)20(17)19)15-9-5-2-6-10-15/h1-11,13,18H,12H2. The second-order valence-electron chi connectivity index (χ2n) is 5.89. The van der Waals surface area contributed by atoms with E-state index in [-0.39, 0.29) is 11.7 Å². The summed E-state index contributed by atoms with van der Waals surface area (Å²) in [5, 5.41) is 0. The Morgan fingerprint density at radius 3 is 2.17 bits per heavy atom. The minimum atomic E-state index is -0.0616. The lowest BCUT2D eigenvalue weighted by Crippen LogP contribution is -2.06. The highest BCUT2D eigenvalue weighted by Crippen LogP contribution is 2.40. The van der Waals surface area contributed by atoms with E-state index in [1.165, 1.54) is 5.56 Å². The van der Waals surface area contributed by atoms with E-state index in [1.54, 1.807) is 0 Å². The van der Waals surface area contributed by atoms with Gasteiger partial charge >= 0.3 is 0 Å². The van der Waals surface area contributed by atoms with Gasteiger partial charge in [-0.2, -0.15) is 0 Å². The zero-order valence-electron chi connectivity index (χ0n) is 12.5. The van der Waals surface area contributed by atoms with E-state index in [4.69, 9.17) is 0 Å². The minimum Gasteiger partial charge on any atom is -0.293 e. The van der Waals surface area contributed by atoms with Crippen molar-refractivity contribution in [2.24, 2.45) is 0 Å². The monoisotopic (exact) mass is 362 g/mol. The number of rotatable bonds is 2. The maximum absolute atomic E-state index is 12.8. The fourth-order valence-corrected chi connectivity index (χ4v) is 4.04. The van der Waals surface area contributed by atoms with Crippen LogP contribution in [0.4, 0.5) is 0 Å². The van der Waals surface area contributed by atoms with Crippen molar-refractivity contribution in [3.63, 3.8) is 0 Å². The van der Waals surface area contributed by atoms with Gasteiger partial charge < -0.3 is 0 Å². The van der Waals surface area contributed by atoms with E-state index in [0.717, 1.165) is 33.1 Å². The maximum Gasteiger partial charge on any atom is 0.172 e. The zero-order valence-corrected chi connectivity index (χ0v) is 14.1. The van der Waals surface area contributed by atoms with E-state index in [2.05, 4.69) is 40.2 Å². The highest BCUT2D eigenvalue weighted by Gasteiger charge is 2.33. The predicted molar refractivity (Wildman–Crippen MR) is 96.8 cm³/mol. The molecule has 0 radical (unpaired) electrons. The summed E-state index contributed by atoms with van der Waals surface area (Å²) in [6, 6.07) is 24.6. The van der Waals surface area contributed by atoms with Crippen molar-refractivity contribution in [2.45, 2.75) is 12.3 Å². The molecule has 0 N–H and O–H groups in total. The number of Topliss-reactive ketones (excluding diaryl/α,β-unsaturated/α-hetero) is 1. The molecule has 1 aliphatic rings. The molecule has 0 fully saturated rings. The van der Waals surface area contributed by atoms with Crippen molar-refractivity contribution < 1.29 is 4.79 Å². The summed E-state index contributed by atoms with van der Waals surface area (Å²) in [5.74, 6) is 0.159. The van der Waals surface area contributed by atoms with E-state index in [0.29, 0.717) is 0 Å². The average Bonchev–Trinajstić information content (AvgIpc) is 2.94. The molecule has 0 bridgehead atoms. The van der Waals surface area contributed by atoms with Gasteiger partial charge in [-0.05, 0) is 34.7 Å². The first-order valence-corrected chi connectivity index (χ1v) is 8.50. The molecule has 0 spiro atoms. The third kappa shape index (κ3) is 2.53. The highest BCUT2D eigenvalue weighted by molar-refractivity contribution is 9.10. The summed E-state index contributed by atoms with van der Waals surface area (Å²) >= 11 is 3.62. The van der Waals surface area contributed by atoms with Crippen LogP contribution in [0.15, 0.2) is 77.3 Å². The van der Waals surface area contributed by atoms with Crippen LogP contribution in [0.5, 0.6) is 0 Å². The number of carbonyl (C=O) groups excluding carboxylic acids is 1. The Morgan fingerprint density at radius 2 is 1.48 bits per heavy atom. The van der Waals surface area contributed by atoms with Gasteiger partial charge in [0.05, 0.1) is 5.92 Å². The third-order valence-corrected chi connectivity index (χ3v) is 5.09. The summed E-state index contributed by atoms with van der Waals surface area (Å²) in [4.78, 5) is 12.8. The Balaban J connectivity index is 1.78. The Labute approximate surface area is 144 Å². The summed E-state index contributed by atoms with van der Waals surface area (Å²) in [6.45, 7) is 0. The number of ketones is 1. The SMILES string of the molecule is O=C1c2c(Br)cc(-c3ccccc3)cc2CC1c1ccccc1. The first kappa shape index (κ1) is 14.4. The predicted octanol–water partition coefficient (Wildman–Crippen LogP) is 5.64. The van der Waals surface area contributed by atoms with Gasteiger partial charge in [0.15, 0.2) is 5.78 Å².